The molecule has 0 saturated heterocycles. The van der Waals surface area contributed by atoms with E-state index in [2.05, 4.69) is 30.4 Å². The van der Waals surface area contributed by atoms with E-state index in [1.54, 1.807) is 40.0 Å². The first-order valence-corrected chi connectivity index (χ1v) is 9.78. The van der Waals surface area contributed by atoms with Crippen molar-refractivity contribution in [1.82, 2.24) is 34.3 Å². The smallest absolute Gasteiger partial charge is 0.269 e. The number of ether oxygens (including phenoxy) is 2. The number of fused-ring (bicyclic) bond motifs is 1. The Balaban J connectivity index is 1.60. The van der Waals surface area contributed by atoms with E-state index in [1.165, 1.54) is 12.5 Å². The Morgan fingerprint density at radius 3 is 2.81 bits per heavy atom. The van der Waals surface area contributed by atoms with Crippen LogP contribution in [0.2, 0.25) is 5.02 Å². The number of anilines is 1. The van der Waals surface area contributed by atoms with Gasteiger partial charge in [-0.3, -0.25) is 4.79 Å². The van der Waals surface area contributed by atoms with Crippen molar-refractivity contribution < 1.29 is 14.3 Å². The molecule has 0 saturated carbocycles. The summed E-state index contributed by atoms with van der Waals surface area (Å²) in [6.45, 7) is 2.27. The van der Waals surface area contributed by atoms with Crippen LogP contribution in [0.15, 0.2) is 43.2 Å². The van der Waals surface area contributed by atoms with Gasteiger partial charge in [-0.2, -0.15) is 9.78 Å². The summed E-state index contributed by atoms with van der Waals surface area (Å²) >= 11 is 5.84. The molecule has 160 valence electrons. The summed E-state index contributed by atoms with van der Waals surface area (Å²) in [4.78, 5) is 29.6. The Morgan fingerprint density at radius 2 is 2.10 bits per heavy atom. The Bertz CT molecular complexity index is 1190. The predicted molar refractivity (Wildman–Crippen MR) is 112 cm³/mol. The van der Waals surface area contributed by atoms with Crippen LogP contribution in [0.4, 0.5) is 5.82 Å². The van der Waals surface area contributed by atoms with Crippen LogP contribution in [-0.4, -0.2) is 59.5 Å². The van der Waals surface area contributed by atoms with Crippen LogP contribution in [-0.2, 0) is 16.6 Å². The van der Waals surface area contributed by atoms with E-state index in [9.17, 15) is 4.79 Å². The molecule has 0 fully saturated rings. The van der Waals surface area contributed by atoms with E-state index >= 15 is 0 Å². The molecule has 0 aliphatic heterocycles. The zero-order valence-corrected chi connectivity index (χ0v) is 17.5. The van der Waals surface area contributed by atoms with E-state index < -0.39 is 12.0 Å². The summed E-state index contributed by atoms with van der Waals surface area (Å²) < 4.78 is 14.7. The van der Waals surface area contributed by atoms with E-state index in [4.69, 9.17) is 21.1 Å². The molecule has 12 heteroatoms. The molecule has 4 aromatic heterocycles. The van der Waals surface area contributed by atoms with Gasteiger partial charge in [0.05, 0.1) is 17.8 Å². The lowest BCUT2D eigenvalue weighted by Gasteiger charge is -2.18. The number of hydrogen-bond donors (Lipinski definition) is 1. The standard InChI is InChI=1S/C19H19ClN8O3/c1-3-30-10-14(17(29)26-15-5-4-12(20)8-22-15)31-18-13-9-25-28(16(13)23-11-24-18)19-21-6-7-27(19)2/h4-9,11,14H,3,10H2,1-2H3,(H,22,26,29)/t14-/m0/s1. The highest BCUT2D eigenvalue weighted by Crippen LogP contribution is 2.24. The highest BCUT2D eigenvalue weighted by atomic mass is 35.5. The summed E-state index contributed by atoms with van der Waals surface area (Å²) in [5.74, 6) is 0.688. The second kappa shape index (κ2) is 9.06. The maximum absolute atomic E-state index is 12.8. The SMILES string of the molecule is CCOC[C@H](Oc1ncnc2c1cnn2-c1nccn1C)C(=O)Nc1ccc(Cl)cn1. The highest BCUT2D eigenvalue weighted by Gasteiger charge is 2.24. The van der Waals surface area contributed by atoms with E-state index in [1.807, 2.05) is 14.0 Å². The molecule has 11 nitrogen and oxygen atoms in total. The molecule has 0 radical (unpaired) electrons. The van der Waals surface area contributed by atoms with Gasteiger partial charge >= 0.3 is 0 Å². The minimum atomic E-state index is -0.980. The molecule has 0 aliphatic rings. The number of amides is 1. The molecule has 1 atom stereocenters. The second-order valence-corrected chi connectivity index (χ2v) is 6.86. The molecule has 1 amide bonds. The van der Waals surface area contributed by atoms with Crippen LogP contribution in [0.25, 0.3) is 17.0 Å². The molecule has 1 N–H and O–H groups in total. The number of nitrogens with zero attached hydrogens (tertiary/aromatic N) is 7. The molecule has 0 unspecified atom stereocenters. The van der Waals surface area contributed by atoms with Gasteiger partial charge < -0.3 is 19.4 Å². The number of imidazole rings is 1. The maximum Gasteiger partial charge on any atom is 0.269 e. The lowest BCUT2D eigenvalue weighted by Crippen LogP contribution is -2.37. The van der Waals surface area contributed by atoms with Gasteiger partial charge in [-0.1, -0.05) is 11.6 Å². The predicted octanol–water partition coefficient (Wildman–Crippen LogP) is 2.02. The largest absolute Gasteiger partial charge is 0.461 e. The lowest BCUT2D eigenvalue weighted by molar-refractivity contribution is -0.125. The number of rotatable bonds is 8. The number of aryl methyl sites for hydroxylation is 1. The molecule has 0 bridgehead atoms. The van der Waals surface area contributed by atoms with E-state index in [-0.39, 0.29) is 12.5 Å². The molecule has 31 heavy (non-hydrogen) atoms. The van der Waals surface area contributed by atoms with Crippen molar-refractivity contribution in [3.05, 3.63) is 48.3 Å². The van der Waals surface area contributed by atoms with Gasteiger partial charge in [-0.15, -0.1) is 0 Å². The second-order valence-electron chi connectivity index (χ2n) is 6.43. The minimum Gasteiger partial charge on any atom is -0.461 e. The number of pyridine rings is 1. The van der Waals surface area contributed by atoms with Gasteiger partial charge in [-0.25, -0.2) is 19.9 Å². The zero-order chi connectivity index (χ0) is 21.8. The molecule has 4 rings (SSSR count). The molecule has 0 aliphatic carbocycles. The number of carbonyl (C=O) groups excluding carboxylic acids is 1. The first kappa shape index (κ1) is 20.7. The third-order valence-electron chi connectivity index (χ3n) is 4.31. The maximum atomic E-state index is 12.8. The first-order valence-electron chi connectivity index (χ1n) is 9.40. The van der Waals surface area contributed by atoms with Gasteiger partial charge in [0.2, 0.25) is 17.9 Å². The summed E-state index contributed by atoms with van der Waals surface area (Å²) in [5, 5.41) is 8.03. The summed E-state index contributed by atoms with van der Waals surface area (Å²) in [5.41, 5.74) is 0.495. The molecule has 4 heterocycles. The van der Waals surface area contributed by atoms with E-state index in [0.717, 1.165) is 0 Å². The third-order valence-corrected chi connectivity index (χ3v) is 4.54. The number of nitrogens with one attached hydrogen (secondary N) is 1. The van der Waals surface area contributed by atoms with Crippen LogP contribution >= 0.6 is 11.6 Å². The fourth-order valence-electron chi connectivity index (χ4n) is 2.80. The van der Waals surface area contributed by atoms with Gasteiger partial charge in [0.15, 0.2) is 5.65 Å². The van der Waals surface area contributed by atoms with Crippen LogP contribution in [0.1, 0.15) is 6.92 Å². The fraction of sp³-hybridized carbons (Fsp3) is 0.263. The van der Waals surface area contributed by atoms with Crippen molar-refractivity contribution in [3.63, 3.8) is 0 Å². The quantitative estimate of drug-likeness (QED) is 0.439. The van der Waals surface area contributed by atoms with Crippen molar-refractivity contribution in [3.8, 4) is 11.8 Å². The number of carbonyl (C=O) groups is 1. The summed E-state index contributed by atoms with van der Waals surface area (Å²) in [7, 11) is 1.85. The molecule has 0 spiro atoms. The minimum absolute atomic E-state index is 0.0227. The van der Waals surface area contributed by atoms with E-state index in [0.29, 0.717) is 34.4 Å². The Kier molecular flexibility index (Phi) is 6.05. The van der Waals surface area contributed by atoms with Crippen molar-refractivity contribution in [2.75, 3.05) is 18.5 Å². The Hall–Kier alpha value is -3.57. The monoisotopic (exact) mass is 442 g/mol. The van der Waals surface area contributed by atoms with Gasteiger partial charge in [0.25, 0.3) is 5.91 Å². The lowest BCUT2D eigenvalue weighted by atomic mass is 10.3. The molecular formula is C19H19ClN8O3. The Morgan fingerprint density at radius 1 is 1.23 bits per heavy atom. The topological polar surface area (TPSA) is 122 Å². The average molecular weight is 443 g/mol. The highest BCUT2D eigenvalue weighted by molar-refractivity contribution is 6.30. The zero-order valence-electron chi connectivity index (χ0n) is 16.8. The summed E-state index contributed by atoms with van der Waals surface area (Å²) in [6.07, 6.45) is 6.83. The van der Waals surface area contributed by atoms with Gasteiger partial charge in [0, 0.05) is 32.2 Å². The van der Waals surface area contributed by atoms with Gasteiger partial charge in [-0.05, 0) is 19.1 Å². The van der Waals surface area contributed by atoms with Crippen molar-refractivity contribution >= 4 is 34.4 Å². The average Bonchev–Trinajstić information content (AvgIpc) is 3.38. The van der Waals surface area contributed by atoms with Crippen molar-refractivity contribution in [1.29, 1.82) is 0 Å². The fourth-order valence-corrected chi connectivity index (χ4v) is 2.92. The summed E-state index contributed by atoms with van der Waals surface area (Å²) in [6, 6.07) is 3.22. The van der Waals surface area contributed by atoms with Crippen LogP contribution in [0.3, 0.4) is 0 Å². The molecule has 4 aromatic rings. The van der Waals surface area contributed by atoms with Crippen molar-refractivity contribution in [2.24, 2.45) is 7.05 Å². The number of hydrogen-bond acceptors (Lipinski definition) is 8. The molecule has 0 aromatic carbocycles. The normalized spacial score (nSPS) is 12.1. The Labute approximate surface area is 182 Å². The van der Waals surface area contributed by atoms with Gasteiger partial charge in [0.1, 0.15) is 17.5 Å². The molecular weight excluding hydrogens is 424 g/mol. The van der Waals surface area contributed by atoms with Crippen LogP contribution in [0, 0.1) is 0 Å². The van der Waals surface area contributed by atoms with Crippen LogP contribution < -0.4 is 10.1 Å². The third kappa shape index (κ3) is 4.47. The first-order chi connectivity index (χ1) is 15.1. The van der Waals surface area contributed by atoms with Crippen LogP contribution in [0.5, 0.6) is 5.88 Å². The number of halogens is 1. The van der Waals surface area contributed by atoms with Crippen molar-refractivity contribution in [2.45, 2.75) is 13.0 Å². The number of aromatic nitrogens is 7.